The molecule has 3 nitrogen and oxygen atoms in total. The van der Waals surface area contributed by atoms with Crippen molar-refractivity contribution in [1.82, 2.24) is 0 Å². The number of nitrogens with zero attached hydrogens (tertiary/aromatic N) is 1. The second-order valence-corrected chi connectivity index (χ2v) is 4.44. The molecule has 0 saturated carbocycles. The van der Waals surface area contributed by atoms with Crippen LogP contribution in [0.25, 0.3) is 0 Å². The average Bonchev–Trinajstić information content (AvgIpc) is 2.60. The maximum absolute atomic E-state index is 11.7. The molecule has 1 aromatic carbocycles. The minimum absolute atomic E-state index is 0.164. The van der Waals surface area contributed by atoms with Crippen molar-refractivity contribution in [3.8, 4) is 0 Å². The molecule has 1 aliphatic heterocycles. The third-order valence-electron chi connectivity index (χ3n) is 2.65. The lowest BCUT2D eigenvalue weighted by Crippen LogP contribution is -2.25. The van der Waals surface area contributed by atoms with Crippen molar-refractivity contribution >= 4 is 33.2 Å². The van der Waals surface area contributed by atoms with E-state index in [0.717, 1.165) is 17.6 Å². The van der Waals surface area contributed by atoms with E-state index in [2.05, 4.69) is 15.9 Å². The lowest BCUT2D eigenvalue weighted by Gasteiger charge is -2.18. The fraction of sp³-hybridized carbons (Fsp3) is 0.364. The predicted molar refractivity (Wildman–Crippen MR) is 65.1 cm³/mol. The van der Waals surface area contributed by atoms with Gasteiger partial charge in [0, 0.05) is 18.3 Å². The van der Waals surface area contributed by atoms with E-state index in [1.54, 1.807) is 4.90 Å². The van der Waals surface area contributed by atoms with Crippen LogP contribution >= 0.6 is 15.9 Å². The zero-order chi connectivity index (χ0) is 10.8. The number of carbonyl (C=O) groups excluding carboxylic acids is 1. The lowest BCUT2D eigenvalue weighted by molar-refractivity contribution is -0.117. The quantitative estimate of drug-likeness (QED) is 0.659. The number of anilines is 2. The lowest BCUT2D eigenvalue weighted by atomic mass is 10.2. The predicted octanol–water partition coefficient (Wildman–Crippen LogP) is 2.02. The summed E-state index contributed by atoms with van der Waals surface area (Å²) in [7, 11) is 0. The van der Waals surface area contributed by atoms with E-state index in [0.29, 0.717) is 18.0 Å². The number of hydrogen-bond acceptors (Lipinski definition) is 2. The van der Waals surface area contributed by atoms with Crippen molar-refractivity contribution in [2.75, 3.05) is 22.5 Å². The largest absolute Gasteiger partial charge is 0.397 e. The number of rotatable bonds is 2. The van der Waals surface area contributed by atoms with Crippen molar-refractivity contribution in [1.29, 1.82) is 0 Å². The number of alkyl halides is 1. The SMILES string of the molecule is Nc1ccccc1N1CC(CBr)CC1=O. The summed E-state index contributed by atoms with van der Waals surface area (Å²) in [5, 5.41) is 0.863. The Morgan fingerprint density at radius 1 is 1.47 bits per heavy atom. The Balaban J connectivity index is 2.25. The van der Waals surface area contributed by atoms with E-state index in [-0.39, 0.29) is 5.91 Å². The summed E-state index contributed by atoms with van der Waals surface area (Å²) in [5.74, 6) is 0.564. The van der Waals surface area contributed by atoms with Crippen LogP contribution < -0.4 is 10.6 Å². The fourth-order valence-corrected chi connectivity index (χ4v) is 2.28. The maximum atomic E-state index is 11.7. The van der Waals surface area contributed by atoms with Gasteiger partial charge in [0.2, 0.25) is 5.91 Å². The van der Waals surface area contributed by atoms with Crippen LogP contribution in [0, 0.1) is 5.92 Å². The van der Waals surface area contributed by atoms with Gasteiger partial charge in [0.25, 0.3) is 0 Å². The number of benzene rings is 1. The molecule has 2 rings (SSSR count). The van der Waals surface area contributed by atoms with Gasteiger partial charge in [-0.15, -0.1) is 0 Å². The Labute approximate surface area is 97.4 Å². The number of halogens is 1. The summed E-state index contributed by atoms with van der Waals surface area (Å²) in [6, 6.07) is 7.50. The first-order valence-electron chi connectivity index (χ1n) is 4.93. The molecule has 0 spiro atoms. The van der Waals surface area contributed by atoms with E-state index < -0.39 is 0 Å². The Kier molecular flexibility index (Phi) is 2.95. The van der Waals surface area contributed by atoms with Crippen molar-refractivity contribution < 1.29 is 4.79 Å². The molecular weight excluding hydrogens is 256 g/mol. The Bertz CT molecular complexity index is 381. The highest BCUT2D eigenvalue weighted by atomic mass is 79.9. The average molecular weight is 269 g/mol. The Hall–Kier alpha value is -1.03. The highest BCUT2D eigenvalue weighted by molar-refractivity contribution is 9.09. The molecule has 1 aliphatic rings. The van der Waals surface area contributed by atoms with Crippen molar-refractivity contribution in [3.63, 3.8) is 0 Å². The van der Waals surface area contributed by atoms with Gasteiger partial charge in [0.1, 0.15) is 0 Å². The van der Waals surface area contributed by atoms with E-state index in [4.69, 9.17) is 5.73 Å². The van der Waals surface area contributed by atoms with Crippen LogP contribution in [0.1, 0.15) is 6.42 Å². The summed E-state index contributed by atoms with van der Waals surface area (Å²) < 4.78 is 0. The van der Waals surface area contributed by atoms with Crippen LogP contribution in [0.3, 0.4) is 0 Å². The van der Waals surface area contributed by atoms with Crippen molar-refractivity contribution in [2.24, 2.45) is 5.92 Å². The first kappa shape index (κ1) is 10.5. The van der Waals surface area contributed by atoms with Crippen LogP contribution in [0.15, 0.2) is 24.3 Å². The highest BCUT2D eigenvalue weighted by Crippen LogP contribution is 2.29. The van der Waals surface area contributed by atoms with Gasteiger partial charge in [-0.1, -0.05) is 28.1 Å². The molecule has 80 valence electrons. The molecule has 0 aliphatic carbocycles. The standard InChI is InChI=1S/C11H13BrN2O/c12-6-8-5-11(15)14(7-8)10-4-2-1-3-9(10)13/h1-4,8H,5-7,13H2. The van der Waals surface area contributed by atoms with Gasteiger partial charge in [-0.25, -0.2) is 0 Å². The summed E-state index contributed by atoms with van der Waals surface area (Å²) in [4.78, 5) is 13.5. The van der Waals surface area contributed by atoms with Crippen LogP contribution in [-0.2, 0) is 4.79 Å². The first-order valence-corrected chi connectivity index (χ1v) is 6.05. The zero-order valence-corrected chi connectivity index (χ0v) is 9.90. The van der Waals surface area contributed by atoms with E-state index in [1.807, 2.05) is 24.3 Å². The van der Waals surface area contributed by atoms with Gasteiger partial charge in [-0.3, -0.25) is 4.79 Å². The van der Waals surface area contributed by atoms with Gasteiger partial charge < -0.3 is 10.6 Å². The molecule has 0 bridgehead atoms. The second kappa shape index (κ2) is 4.23. The van der Waals surface area contributed by atoms with Gasteiger partial charge in [0.05, 0.1) is 11.4 Å². The highest BCUT2D eigenvalue weighted by Gasteiger charge is 2.30. The van der Waals surface area contributed by atoms with E-state index in [9.17, 15) is 4.79 Å². The molecule has 1 atom stereocenters. The number of amides is 1. The van der Waals surface area contributed by atoms with Gasteiger partial charge in [-0.2, -0.15) is 0 Å². The number of nitrogen functional groups attached to an aromatic ring is 1. The smallest absolute Gasteiger partial charge is 0.227 e. The molecular formula is C11H13BrN2O. The van der Waals surface area contributed by atoms with Gasteiger partial charge >= 0.3 is 0 Å². The van der Waals surface area contributed by atoms with E-state index >= 15 is 0 Å². The topological polar surface area (TPSA) is 46.3 Å². The number of nitrogens with two attached hydrogens (primary N) is 1. The van der Waals surface area contributed by atoms with E-state index in [1.165, 1.54) is 0 Å². The maximum Gasteiger partial charge on any atom is 0.227 e. The normalized spacial score (nSPS) is 21.0. The van der Waals surface area contributed by atoms with Crippen molar-refractivity contribution in [3.05, 3.63) is 24.3 Å². The molecule has 4 heteroatoms. The summed E-state index contributed by atoms with van der Waals surface area (Å²) in [6.07, 6.45) is 0.611. The van der Waals surface area contributed by atoms with Crippen LogP contribution in [-0.4, -0.2) is 17.8 Å². The molecule has 1 aromatic rings. The minimum atomic E-state index is 0.164. The Morgan fingerprint density at radius 2 is 2.20 bits per heavy atom. The van der Waals surface area contributed by atoms with Crippen molar-refractivity contribution in [2.45, 2.75) is 6.42 Å². The molecule has 2 N–H and O–H groups in total. The molecule has 1 unspecified atom stereocenters. The third kappa shape index (κ3) is 2.00. The summed E-state index contributed by atoms with van der Waals surface area (Å²) in [6.45, 7) is 0.762. The molecule has 0 aromatic heterocycles. The molecule has 15 heavy (non-hydrogen) atoms. The van der Waals surface area contributed by atoms with Crippen LogP contribution in [0.4, 0.5) is 11.4 Å². The summed E-state index contributed by atoms with van der Waals surface area (Å²) >= 11 is 3.41. The van der Waals surface area contributed by atoms with Crippen LogP contribution in [0.2, 0.25) is 0 Å². The van der Waals surface area contributed by atoms with Gasteiger partial charge in [-0.05, 0) is 18.1 Å². The monoisotopic (exact) mass is 268 g/mol. The molecule has 1 fully saturated rings. The summed E-state index contributed by atoms with van der Waals surface area (Å²) in [5.41, 5.74) is 7.35. The zero-order valence-electron chi connectivity index (χ0n) is 8.32. The first-order chi connectivity index (χ1) is 7.22. The number of carbonyl (C=O) groups is 1. The third-order valence-corrected chi connectivity index (χ3v) is 3.57. The second-order valence-electron chi connectivity index (χ2n) is 3.79. The Morgan fingerprint density at radius 3 is 2.80 bits per heavy atom. The fourth-order valence-electron chi connectivity index (χ4n) is 1.85. The number of hydrogen-bond donors (Lipinski definition) is 1. The molecule has 1 amide bonds. The van der Waals surface area contributed by atoms with Crippen LogP contribution in [0.5, 0.6) is 0 Å². The molecule has 1 saturated heterocycles. The minimum Gasteiger partial charge on any atom is -0.397 e. The van der Waals surface area contributed by atoms with Gasteiger partial charge in [0.15, 0.2) is 0 Å². The molecule has 1 heterocycles. The molecule has 0 radical (unpaired) electrons. The number of para-hydroxylation sites is 2.